The Morgan fingerprint density at radius 2 is 1.38 bits per heavy atom. The first-order valence-corrected chi connectivity index (χ1v) is 7.00. The van der Waals surface area contributed by atoms with Gasteiger partial charge in [0, 0.05) is 17.5 Å². The molecule has 21 heavy (non-hydrogen) atoms. The number of hydrogen-bond donors (Lipinski definition) is 1. The maximum Gasteiger partial charge on any atom is 0.106 e. The minimum atomic E-state index is -0.636. The molecule has 1 aromatic heterocycles. The number of benzene rings is 2. The molecular weight excluding hydrogens is 258 g/mol. The summed E-state index contributed by atoms with van der Waals surface area (Å²) in [6, 6.07) is 22.0. The Hall–Kier alpha value is -2.45. The molecule has 104 valence electrons. The highest BCUT2D eigenvalue weighted by Gasteiger charge is 2.10. The third-order valence-corrected chi connectivity index (χ3v) is 3.58. The highest BCUT2D eigenvalue weighted by Crippen LogP contribution is 2.25. The smallest absolute Gasteiger partial charge is 0.106 e. The number of hydrogen-bond acceptors (Lipinski definition) is 2. The third-order valence-electron chi connectivity index (χ3n) is 3.58. The standard InChI is InChI=1S/C19H17NO/c1-14-7-8-18(13-20-14)19(21)17-11-9-16(10-12-17)15-5-3-2-4-6-15/h2-13,19,21H,1H3. The molecule has 1 N–H and O–H groups in total. The van der Waals surface area contributed by atoms with Gasteiger partial charge < -0.3 is 5.11 Å². The Balaban J connectivity index is 1.85. The molecule has 0 saturated carbocycles. The van der Waals surface area contributed by atoms with E-state index in [1.54, 1.807) is 6.20 Å². The highest BCUT2D eigenvalue weighted by atomic mass is 16.3. The molecule has 0 aliphatic rings. The molecule has 0 aliphatic carbocycles. The molecule has 2 nitrogen and oxygen atoms in total. The second kappa shape index (κ2) is 5.90. The second-order valence-electron chi connectivity index (χ2n) is 5.12. The van der Waals surface area contributed by atoms with Crippen LogP contribution in [0.25, 0.3) is 11.1 Å². The van der Waals surface area contributed by atoms with E-state index in [0.717, 1.165) is 22.4 Å². The van der Waals surface area contributed by atoms with Crippen LogP contribution in [-0.4, -0.2) is 10.1 Å². The average molecular weight is 275 g/mol. The summed E-state index contributed by atoms with van der Waals surface area (Å²) in [5.41, 5.74) is 4.96. The maximum absolute atomic E-state index is 10.4. The van der Waals surface area contributed by atoms with Crippen molar-refractivity contribution >= 4 is 0 Å². The van der Waals surface area contributed by atoms with Crippen molar-refractivity contribution in [3.8, 4) is 11.1 Å². The van der Waals surface area contributed by atoms with Gasteiger partial charge in [-0.05, 0) is 29.7 Å². The topological polar surface area (TPSA) is 33.1 Å². The lowest BCUT2D eigenvalue weighted by Crippen LogP contribution is -2.00. The monoisotopic (exact) mass is 275 g/mol. The molecule has 0 aliphatic heterocycles. The lowest BCUT2D eigenvalue weighted by molar-refractivity contribution is 0.220. The van der Waals surface area contributed by atoms with Crippen LogP contribution in [0.15, 0.2) is 72.9 Å². The van der Waals surface area contributed by atoms with Gasteiger partial charge >= 0.3 is 0 Å². The first-order valence-electron chi connectivity index (χ1n) is 7.00. The van der Waals surface area contributed by atoms with Gasteiger partial charge in [-0.25, -0.2) is 0 Å². The molecule has 0 fully saturated rings. The van der Waals surface area contributed by atoms with Crippen molar-refractivity contribution in [1.82, 2.24) is 4.98 Å². The molecule has 0 bridgehead atoms. The number of nitrogens with zero attached hydrogens (tertiary/aromatic N) is 1. The second-order valence-corrected chi connectivity index (χ2v) is 5.12. The fraction of sp³-hybridized carbons (Fsp3) is 0.105. The quantitative estimate of drug-likeness (QED) is 0.779. The number of rotatable bonds is 3. The first kappa shape index (κ1) is 13.5. The van der Waals surface area contributed by atoms with Gasteiger partial charge in [0.1, 0.15) is 6.10 Å². The van der Waals surface area contributed by atoms with E-state index < -0.39 is 6.10 Å². The minimum absolute atomic E-state index is 0.636. The van der Waals surface area contributed by atoms with Crippen LogP contribution in [0.5, 0.6) is 0 Å². The Labute approximate surface area is 124 Å². The number of pyridine rings is 1. The summed E-state index contributed by atoms with van der Waals surface area (Å²) in [7, 11) is 0. The van der Waals surface area contributed by atoms with E-state index in [1.807, 2.05) is 61.5 Å². The predicted molar refractivity (Wildman–Crippen MR) is 84.9 cm³/mol. The lowest BCUT2D eigenvalue weighted by Gasteiger charge is -2.12. The van der Waals surface area contributed by atoms with Crippen LogP contribution in [0.1, 0.15) is 22.9 Å². The summed E-state index contributed by atoms with van der Waals surface area (Å²) in [5, 5.41) is 10.4. The van der Waals surface area contributed by atoms with Crippen molar-refractivity contribution < 1.29 is 5.11 Å². The van der Waals surface area contributed by atoms with Gasteiger partial charge in [-0.3, -0.25) is 4.98 Å². The van der Waals surface area contributed by atoms with Crippen LogP contribution < -0.4 is 0 Å². The number of aliphatic hydroxyl groups excluding tert-OH is 1. The zero-order valence-corrected chi connectivity index (χ0v) is 11.9. The molecule has 1 atom stereocenters. The molecule has 0 radical (unpaired) electrons. The van der Waals surface area contributed by atoms with Gasteiger partial charge in [-0.2, -0.15) is 0 Å². The van der Waals surface area contributed by atoms with E-state index in [4.69, 9.17) is 0 Å². The van der Waals surface area contributed by atoms with E-state index in [9.17, 15) is 5.11 Å². The summed E-state index contributed by atoms with van der Waals surface area (Å²) < 4.78 is 0. The fourth-order valence-corrected chi connectivity index (χ4v) is 2.32. The van der Waals surface area contributed by atoms with Crippen LogP contribution in [0.4, 0.5) is 0 Å². The molecule has 2 heteroatoms. The van der Waals surface area contributed by atoms with E-state index in [-0.39, 0.29) is 0 Å². The summed E-state index contributed by atoms with van der Waals surface area (Å²) in [6.45, 7) is 1.94. The number of aromatic nitrogens is 1. The molecule has 0 amide bonds. The molecular formula is C19H17NO. The van der Waals surface area contributed by atoms with Crippen LogP contribution >= 0.6 is 0 Å². The van der Waals surface area contributed by atoms with Crippen LogP contribution in [0.3, 0.4) is 0 Å². The summed E-state index contributed by atoms with van der Waals surface area (Å²) in [6.07, 6.45) is 1.09. The van der Waals surface area contributed by atoms with Gasteiger partial charge in [0.05, 0.1) is 0 Å². The van der Waals surface area contributed by atoms with Gasteiger partial charge in [0.25, 0.3) is 0 Å². The Bertz CT molecular complexity index is 703. The van der Waals surface area contributed by atoms with Crippen molar-refractivity contribution in [2.24, 2.45) is 0 Å². The zero-order valence-electron chi connectivity index (χ0n) is 11.9. The molecule has 3 rings (SSSR count). The normalized spacial score (nSPS) is 12.1. The minimum Gasteiger partial charge on any atom is -0.384 e. The maximum atomic E-state index is 10.4. The van der Waals surface area contributed by atoms with E-state index >= 15 is 0 Å². The predicted octanol–water partition coefficient (Wildman–Crippen LogP) is 4.14. The average Bonchev–Trinajstić information content (AvgIpc) is 2.56. The largest absolute Gasteiger partial charge is 0.384 e. The lowest BCUT2D eigenvalue weighted by atomic mass is 9.99. The third kappa shape index (κ3) is 3.01. The molecule has 0 saturated heterocycles. The van der Waals surface area contributed by atoms with E-state index in [2.05, 4.69) is 17.1 Å². The van der Waals surface area contributed by atoms with Crippen molar-refractivity contribution in [3.05, 3.63) is 89.7 Å². The molecule has 0 spiro atoms. The van der Waals surface area contributed by atoms with Crippen molar-refractivity contribution in [2.75, 3.05) is 0 Å². The molecule has 1 heterocycles. The highest BCUT2D eigenvalue weighted by molar-refractivity contribution is 5.63. The first-order chi connectivity index (χ1) is 10.2. The van der Waals surface area contributed by atoms with Crippen LogP contribution in [-0.2, 0) is 0 Å². The Morgan fingerprint density at radius 1 is 0.762 bits per heavy atom. The number of aryl methyl sites for hydroxylation is 1. The van der Waals surface area contributed by atoms with Crippen molar-refractivity contribution in [2.45, 2.75) is 13.0 Å². The molecule has 1 unspecified atom stereocenters. The van der Waals surface area contributed by atoms with E-state index in [1.165, 1.54) is 5.56 Å². The summed E-state index contributed by atoms with van der Waals surface area (Å²) in [4.78, 5) is 4.23. The van der Waals surface area contributed by atoms with Gasteiger partial charge in [0.15, 0.2) is 0 Å². The number of aliphatic hydroxyl groups is 1. The van der Waals surface area contributed by atoms with Gasteiger partial charge in [-0.15, -0.1) is 0 Å². The van der Waals surface area contributed by atoms with Crippen molar-refractivity contribution in [3.63, 3.8) is 0 Å². The van der Waals surface area contributed by atoms with Gasteiger partial charge in [-0.1, -0.05) is 60.7 Å². The summed E-state index contributed by atoms with van der Waals surface area (Å²) in [5.74, 6) is 0. The molecule has 2 aromatic carbocycles. The van der Waals surface area contributed by atoms with Crippen LogP contribution in [0, 0.1) is 6.92 Å². The Kier molecular flexibility index (Phi) is 3.80. The Morgan fingerprint density at radius 3 is 2.00 bits per heavy atom. The van der Waals surface area contributed by atoms with E-state index in [0.29, 0.717) is 0 Å². The van der Waals surface area contributed by atoms with Crippen LogP contribution in [0.2, 0.25) is 0 Å². The van der Waals surface area contributed by atoms with Gasteiger partial charge in [0.2, 0.25) is 0 Å². The SMILES string of the molecule is Cc1ccc(C(O)c2ccc(-c3ccccc3)cc2)cn1. The zero-order chi connectivity index (χ0) is 14.7. The van der Waals surface area contributed by atoms with Crippen molar-refractivity contribution in [1.29, 1.82) is 0 Å². The molecule has 3 aromatic rings. The fourth-order valence-electron chi connectivity index (χ4n) is 2.32. The summed E-state index contributed by atoms with van der Waals surface area (Å²) >= 11 is 0.